The summed E-state index contributed by atoms with van der Waals surface area (Å²) >= 11 is 0. The quantitative estimate of drug-likeness (QED) is 0.370. The smallest absolute Gasteiger partial charge is 0.350 e. The largest absolute Gasteiger partial charge is 0.363 e. The number of hydrogen-bond acceptors (Lipinski definition) is 6. The number of likely N-dealkylation sites (tertiary alicyclic amines) is 1. The van der Waals surface area contributed by atoms with Crippen molar-refractivity contribution in [2.75, 3.05) is 38.0 Å². The Bertz CT molecular complexity index is 1600. The fraction of sp³-hybridized carbons (Fsp3) is 0.629. The SMILES string of the molecule is CC(C)N1CCC(n2cc3c4nc(=O)n(c3cc2=O)CCCCCCN2CCC(CC2)C(F)(F)c2cccc(c2)[C@@H](C)N4)CC1. The van der Waals surface area contributed by atoms with Crippen LogP contribution in [0.3, 0.4) is 0 Å². The van der Waals surface area contributed by atoms with Gasteiger partial charge in [0.2, 0.25) is 0 Å². The first-order valence-corrected chi connectivity index (χ1v) is 17.0. The predicted octanol–water partition coefficient (Wildman–Crippen LogP) is 6.15. The van der Waals surface area contributed by atoms with Crippen LogP contribution in [0.1, 0.15) is 95.3 Å². The molecule has 10 heteroatoms. The number of halogens is 2. The molecular formula is C35H48F2N6O2. The summed E-state index contributed by atoms with van der Waals surface area (Å²) in [6.45, 7) is 10.9. The van der Waals surface area contributed by atoms with Crippen LogP contribution in [-0.4, -0.2) is 62.7 Å². The van der Waals surface area contributed by atoms with Crippen molar-refractivity contribution in [1.82, 2.24) is 23.9 Å². The second-order valence-corrected chi connectivity index (χ2v) is 13.7. The zero-order chi connectivity index (χ0) is 31.7. The monoisotopic (exact) mass is 622 g/mol. The lowest BCUT2D eigenvalue weighted by atomic mass is 9.85. The highest BCUT2D eigenvalue weighted by atomic mass is 19.3. The molecule has 9 rings (SSSR count). The van der Waals surface area contributed by atoms with E-state index >= 15 is 8.78 Å². The molecule has 0 saturated carbocycles. The van der Waals surface area contributed by atoms with Crippen LogP contribution >= 0.6 is 0 Å². The Labute approximate surface area is 264 Å². The average Bonchev–Trinajstić information content (AvgIpc) is 3.03. The van der Waals surface area contributed by atoms with Gasteiger partial charge in [0, 0.05) is 61.5 Å². The van der Waals surface area contributed by atoms with Gasteiger partial charge in [0.1, 0.15) is 5.82 Å². The van der Waals surface area contributed by atoms with E-state index in [0.29, 0.717) is 60.8 Å². The first-order valence-electron chi connectivity index (χ1n) is 17.0. The lowest BCUT2D eigenvalue weighted by molar-refractivity contribution is -0.0855. The zero-order valence-corrected chi connectivity index (χ0v) is 27.0. The fourth-order valence-corrected chi connectivity index (χ4v) is 7.57. The summed E-state index contributed by atoms with van der Waals surface area (Å²) in [5.74, 6) is -3.22. The summed E-state index contributed by atoms with van der Waals surface area (Å²) in [6, 6.07) is 8.40. The third kappa shape index (κ3) is 6.73. The summed E-state index contributed by atoms with van der Waals surface area (Å²) in [6.07, 6.45) is 8.34. The number of benzene rings is 1. The van der Waals surface area contributed by atoms with Crippen LogP contribution in [0.5, 0.6) is 0 Å². The van der Waals surface area contributed by atoms with E-state index in [4.69, 9.17) is 0 Å². The van der Waals surface area contributed by atoms with Crippen molar-refractivity contribution in [3.05, 3.63) is 68.5 Å². The number of nitrogens with zero attached hydrogens (tertiary/aromatic N) is 5. The standard InChI is InChI=1S/C35H48F2N6O2/c1-24(2)41-19-13-29(14-20-41)43-23-30-31(22-32(43)44)42-16-7-5-4-6-15-40-17-11-27(12-18-40)35(36,37)28-10-8-9-26(21-28)25(3)38-33(30)39-34(42)45/h8-10,21-25,27,29H,4-7,11-20H2,1-3H3,(H,38,39,45)/t25-/m1/s1. The van der Waals surface area contributed by atoms with E-state index in [9.17, 15) is 9.59 Å². The third-order valence-corrected chi connectivity index (χ3v) is 10.5. The van der Waals surface area contributed by atoms with E-state index < -0.39 is 23.6 Å². The molecule has 2 fully saturated rings. The lowest BCUT2D eigenvalue weighted by Crippen LogP contribution is -2.40. The zero-order valence-electron chi connectivity index (χ0n) is 27.0. The second-order valence-electron chi connectivity index (χ2n) is 13.7. The maximum atomic E-state index is 15.9. The van der Waals surface area contributed by atoms with Gasteiger partial charge in [0.25, 0.3) is 11.5 Å². The van der Waals surface area contributed by atoms with E-state index in [1.807, 2.05) is 23.8 Å². The molecule has 8 nitrogen and oxygen atoms in total. The molecule has 6 aliphatic rings. The van der Waals surface area contributed by atoms with Crippen LogP contribution in [0.4, 0.5) is 14.6 Å². The minimum atomic E-state index is -2.92. The van der Waals surface area contributed by atoms with Gasteiger partial charge in [0.05, 0.1) is 10.9 Å². The van der Waals surface area contributed by atoms with Crippen LogP contribution in [0, 0.1) is 5.92 Å². The molecular weight excluding hydrogens is 574 g/mol. The van der Waals surface area contributed by atoms with Crippen molar-refractivity contribution in [3.63, 3.8) is 0 Å². The molecule has 2 aromatic heterocycles. The minimum Gasteiger partial charge on any atom is -0.363 e. The first kappa shape index (κ1) is 31.9. The van der Waals surface area contributed by atoms with Crippen LogP contribution in [0.2, 0.25) is 0 Å². The van der Waals surface area contributed by atoms with E-state index in [-0.39, 0.29) is 17.2 Å². The molecule has 45 heavy (non-hydrogen) atoms. The number of nitrogens with one attached hydrogen (secondary N) is 1. The molecule has 8 heterocycles. The second kappa shape index (κ2) is 13.3. The molecule has 1 N–H and O–H groups in total. The van der Waals surface area contributed by atoms with Crippen LogP contribution < -0.4 is 16.6 Å². The molecule has 0 amide bonds. The highest BCUT2D eigenvalue weighted by Crippen LogP contribution is 2.42. The van der Waals surface area contributed by atoms with Gasteiger partial charge in [-0.25, -0.2) is 13.6 Å². The normalized spacial score (nSPS) is 25.4. The Morgan fingerprint density at radius 1 is 0.911 bits per heavy atom. The summed E-state index contributed by atoms with van der Waals surface area (Å²) in [4.78, 5) is 36.2. The van der Waals surface area contributed by atoms with Crippen LogP contribution in [0.25, 0.3) is 10.9 Å². The van der Waals surface area contributed by atoms with E-state index in [0.717, 1.165) is 58.2 Å². The molecule has 244 valence electrons. The fourth-order valence-electron chi connectivity index (χ4n) is 7.57. The molecule has 1 aromatic carbocycles. The van der Waals surface area contributed by atoms with Crippen LogP contribution in [0.15, 0.2) is 46.1 Å². The molecule has 0 unspecified atom stereocenters. The van der Waals surface area contributed by atoms with Crippen molar-refractivity contribution in [2.24, 2.45) is 5.92 Å². The molecule has 0 radical (unpaired) electrons. The molecule has 0 spiro atoms. The first-order chi connectivity index (χ1) is 21.6. The summed E-state index contributed by atoms with van der Waals surface area (Å²) in [7, 11) is 0. The molecule has 3 aromatic rings. The molecule has 1 atom stereocenters. The number of pyridine rings is 1. The Balaban J connectivity index is 1.39. The van der Waals surface area contributed by atoms with E-state index in [2.05, 4.69) is 33.9 Å². The minimum absolute atomic E-state index is 0.0383. The van der Waals surface area contributed by atoms with Gasteiger partial charge in [-0.15, -0.1) is 0 Å². The highest BCUT2D eigenvalue weighted by Gasteiger charge is 2.42. The number of hydrogen-bond donors (Lipinski definition) is 1. The number of anilines is 1. The Hall–Kier alpha value is -3.11. The third-order valence-electron chi connectivity index (χ3n) is 10.5. The molecule has 0 aliphatic carbocycles. The Morgan fingerprint density at radius 3 is 2.33 bits per heavy atom. The number of aromatic nitrogens is 3. The summed E-state index contributed by atoms with van der Waals surface area (Å²) in [5.41, 5.74) is 0.794. The summed E-state index contributed by atoms with van der Waals surface area (Å²) < 4.78 is 35.2. The number of aryl methyl sites for hydroxylation is 1. The van der Waals surface area contributed by atoms with E-state index in [1.165, 1.54) is 6.07 Å². The van der Waals surface area contributed by atoms with Crippen LogP contribution in [-0.2, 0) is 12.5 Å². The van der Waals surface area contributed by atoms with Crippen molar-refractivity contribution in [3.8, 4) is 0 Å². The van der Waals surface area contributed by atoms with Crippen molar-refractivity contribution < 1.29 is 8.78 Å². The summed E-state index contributed by atoms with van der Waals surface area (Å²) in [5, 5.41) is 4.08. The topological polar surface area (TPSA) is 75.4 Å². The number of piperidine rings is 2. The van der Waals surface area contributed by atoms with Crippen molar-refractivity contribution in [1.29, 1.82) is 0 Å². The number of rotatable bonds is 2. The molecule has 6 aliphatic heterocycles. The van der Waals surface area contributed by atoms with Gasteiger partial charge in [-0.2, -0.15) is 4.98 Å². The highest BCUT2D eigenvalue weighted by molar-refractivity contribution is 5.88. The van der Waals surface area contributed by atoms with Gasteiger partial charge in [-0.1, -0.05) is 31.0 Å². The Kier molecular flexibility index (Phi) is 9.43. The van der Waals surface area contributed by atoms with Gasteiger partial charge < -0.3 is 19.7 Å². The van der Waals surface area contributed by atoms with Crippen molar-refractivity contribution in [2.45, 2.75) is 103 Å². The van der Waals surface area contributed by atoms with E-state index in [1.54, 1.807) is 22.8 Å². The maximum absolute atomic E-state index is 15.9. The number of alkyl halides is 2. The van der Waals surface area contributed by atoms with Gasteiger partial charge >= 0.3 is 5.69 Å². The van der Waals surface area contributed by atoms with Crippen molar-refractivity contribution >= 4 is 16.7 Å². The Morgan fingerprint density at radius 2 is 1.62 bits per heavy atom. The van der Waals surface area contributed by atoms with Gasteiger partial charge in [0.15, 0.2) is 0 Å². The predicted molar refractivity (Wildman–Crippen MR) is 175 cm³/mol. The maximum Gasteiger partial charge on any atom is 0.350 e. The molecule has 2 saturated heterocycles. The average molecular weight is 623 g/mol. The molecule has 6 bridgehead atoms. The van der Waals surface area contributed by atoms with Gasteiger partial charge in [-0.3, -0.25) is 9.36 Å². The van der Waals surface area contributed by atoms with Gasteiger partial charge in [-0.05, 0) is 90.6 Å². The lowest BCUT2D eigenvalue weighted by Gasteiger charge is -2.36.